The van der Waals surface area contributed by atoms with Crippen molar-refractivity contribution >= 4 is 11.7 Å². The van der Waals surface area contributed by atoms with E-state index >= 15 is 0 Å². The van der Waals surface area contributed by atoms with Gasteiger partial charge in [-0.05, 0) is 61.8 Å². The fraction of sp³-hybridized carbons (Fsp3) is 0.667. The van der Waals surface area contributed by atoms with Gasteiger partial charge in [-0.25, -0.2) is 0 Å². The maximum Gasteiger partial charge on any atom is 0.311 e. The van der Waals surface area contributed by atoms with Gasteiger partial charge in [0.25, 0.3) is 0 Å². The van der Waals surface area contributed by atoms with E-state index in [1.807, 2.05) is 12.1 Å². The molecule has 3 fully saturated rings. The number of carbonyl (C=O) groups excluding carboxylic acids is 1. The molecule has 2 aliphatic heterocycles. The Bertz CT molecular complexity index is 881. The summed E-state index contributed by atoms with van der Waals surface area (Å²) in [6, 6.07) is 8.73. The molecule has 5 heteroatoms. The van der Waals surface area contributed by atoms with Crippen LogP contribution in [0.15, 0.2) is 35.9 Å². The van der Waals surface area contributed by atoms with Gasteiger partial charge in [0.15, 0.2) is 0 Å². The molecule has 1 aromatic carbocycles. The van der Waals surface area contributed by atoms with Gasteiger partial charge in [0, 0.05) is 43.8 Å². The topological polar surface area (TPSA) is 42.0 Å². The highest BCUT2D eigenvalue weighted by Gasteiger charge is 2.52. The molecule has 0 spiro atoms. The summed E-state index contributed by atoms with van der Waals surface area (Å²) in [7, 11) is 1.70. The Morgan fingerprint density at radius 3 is 2.69 bits per heavy atom. The first-order chi connectivity index (χ1) is 15.4. The summed E-state index contributed by atoms with van der Waals surface area (Å²) in [5.41, 5.74) is 3.07. The fourth-order valence-corrected chi connectivity index (χ4v) is 6.89. The third-order valence-corrected chi connectivity index (χ3v) is 8.65. The Kier molecular flexibility index (Phi) is 5.73. The van der Waals surface area contributed by atoms with Crippen LogP contribution in [0.2, 0.25) is 0 Å². The highest BCUT2D eigenvalue weighted by atomic mass is 16.6. The Labute approximate surface area is 192 Å². The van der Waals surface area contributed by atoms with Crippen LogP contribution in [-0.2, 0) is 9.53 Å². The van der Waals surface area contributed by atoms with Gasteiger partial charge in [0.1, 0.15) is 11.9 Å². The highest BCUT2D eigenvalue weighted by Crippen LogP contribution is 2.54. The first kappa shape index (κ1) is 21.8. The average molecular weight is 439 g/mol. The number of benzene rings is 1. The number of methoxy groups -OCH3 is 1. The van der Waals surface area contributed by atoms with Gasteiger partial charge in [-0.3, -0.25) is 9.69 Å². The fourth-order valence-electron chi connectivity index (χ4n) is 6.89. The maximum atomic E-state index is 12.9. The molecule has 174 valence electrons. The van der Waals surface area contributed by atoms with E-state index in [0.29, 0.717) is 12.0 Å². The number of allylic oxidation sites excluding steroid dienone is 1. The summed E-state index contributed by atoms with van der Waals surface area (Å²) in [4.78, 5) is 17.9. The van der Waals surface area contributed by atoms with E-state index < -0.39 is 0 Å². The van der Waals surface area contributed by atoms with Crippen molar-refractivity contribution in [1.29, 1.82) is 0 Å². The van der Waals surface area contributed by atoms with Crippen LogP contribution < -0.4 is 9.64 Å². The first-order valence-electron chi connectivity index (χ1n) is 12.4. The minimum atomic E-state index is -0.0223. The second-order valence-corrected chi connectivity index (χ2v) is 10.8. The predicted octanol–water partition coefficient (Wildman–Crippen LogP) is 4.52. The number of ether oxygens (including phenoxy) is 2. The van der Waals surface area contributed by atoms with E-state index in [-0.39, 0.29) is 29.3 Å². The summed E-state index contributed by atoms with van der Waals surface area (Å²) in [6.07, 6.45) is 7.37. The first-order valence-corrected chi connectivity index (χ1v) is 12.4. The molecule has 5 rings (SSSR count). The lowest BCUT2D eigenvalue weighted by Crippen LogP contribution is -2.53. The molecule has 0 unspecified atom stereocenters. The van der Waals surface area contributed by atoms with Crippen LogP contribution in [0.25, 0.3) is 0 Å². The Morgan fingerprint density at radius 2 is 1.97 bits per heavy atom. The zero-order valence-corrected chi connectivity index (χ0v) is 20.0. The zero-order valence-electron chi connectivity index (χ0n) is 20.0. The standard InChI is InChI=1S/C27H38N2O3/c1-18-6-5-11-27(3)15-25-22(14-24(18)27)23(26(30)32-25)17-28-12-13-29(19(2)16-28)20-7-9-21(31-4)10-8-20/h7-10,14,18-19,22-23,25H,5-6,11-13,15-17H2,1-4H3/t18-,19-,22+,23+,25-,27+/m1/s1. The third kappa shape index (κ3) is 3.83. The quantitative estimate of drug-likeness (QED) is 0.511. The average Bonchev–Trinajstić information content (AvgIpc) is 3.06. The van der Waals surface area contributed by atoms with Crippen LogP contribution in [0.5, 0.6) is 5.75 Å². The van der Waals surface area contributed by atoms with Crippen LogP contribution in [0.3, 0.4) is 0 Å². The molecule has 1 saturated carbocycles. The molecule has 1 aromatic rings. The monoisotopic (exact) mass is 438 g/mol. The van der Waals surface area contributed by atoms with E-state index in [9.17, 15) is 4.79 Å². The summed E-state index contributed by atoms with van der Waals surface area (Å²) < 4.78 is 11.3. The second-order valence-electron chi connectivity index (χ2n) is 10.8. The molecule has 2 saturated heterocycles. The van der Waals surface area contributed by atoms with Gasteiger partial charge >= 0.3 is 5.97 Å². The molecular formula is C27H38N2O3. The normalized spacial score (nSPS) is 37.4. The number of esters is 1. The number of anilines is 1. The minimum absolute atomic E-state index is 0.0223. The van der Waals surface area contributed by atoms with Crippen molar-refractivity contribution in [2.75, 3.05) is 38.2 Å². The zero-order chi connectivity index (χ0) is 22.5. The summed E-state index contributed by atoms with van der Waals surface area (Å²) in [5.74, 6) is 1.78. The van der Waals surface area contributed by atoms with Crippen molar-refractivity contribution < 1.29 is 14.3 Å². The highest BCUT2D eigenvalue weighted by molar-refractivity contribution is 5.76. The Hall–Kier alpha value is -2.01. The molecular weight excluding hydrogens is 400 g/mol. The molecule has 0 bridgehead atoms. The molecule has 0 amide bonds. The molecule has 4 aliphatic rings. The number of piperazine rings is 1. The maximum absolute atomic E-state index is 12.9. The third-order valence-electron chi connectivity index (χ3n) is 8.65. The van der Waals surface area contributed by atoms with Gasteiger partial charge in [-0.1, -0.05) is 31.9 Å². The minimum Gasteiger partial charge on any atom is -0.497 e. The van der Waals surface area contributed by atoms with E-state index in [1.165, 1.54) is 24.9 Å². The van der Waals surface area contributed by atoms with Gasteiger partial charge in [0.05, 0.1) is 13.0 Å². The summed E-state index contributed by atoms with van der Waals surface area (Å²) in [5, 5.41) is 0. The molecule has 0 N–H and O–H groups in total. The second kappa shape index (κ2) is 8.40. The number of hydrogen-bond donors (Lipinski definition) is 0. The van der Waals surface area contributed by atoms with Crippen LogP contribution in [0.1, 0.15) is 46.5 Å². The summed E-state index contributed by atoms with van der Waals surface area (Å²) >= 11 is 0. The molecule has 0 radical (unpaired) electrons. The lowest BCUT2D eigenvalue weighted by atomic mass is 9.59. The van der Waals surface area contributed by atoms with E-state index in [2.05, 4.69) is 48.8 Å². The Morgan fingerprint density at radius 1 is 1.19 bits per heavy atom. The van der Waals surface area contributed by atoms with Crippen molar-refractivity contribution in [3.8, 4) is 5.75 Å². The van der Waals surface area contributed by atoms with E-state index in [0.717, 1.165) is 38.3 Å². The van der Waals surface area contributed by atoms with E-state index in [4.69, 9.17) is 9.47 Å². The molecule has 6 atom stereocenters. The molecule has 2 aliphatic carbocycles. The van der Waals surface area contributed by atoms with Crippen LogP contribution >= 0.6 is 0 Å². The lowest BCUT2D eigenvalue weighted by molar-refractivity contribution is -0.145. The molecule has 32 heavy (non-hydrogen) atoms. The summed E-state index contributed by atoms with van der Waals surface area (Å²) in [6.45, 7) is 10.8. The number of hydrogen-bond acceptors (Lipinski definition) is 5. The van der Waals surface area contributed by atoms with Crippen molar-refractivity contribution in [3.05, 3.63) is 35.9 Å². The van der Waals surface area contributed by atoms with Crippen molar-refractivity contribution in [3.63, 3.8) is 0 Å². The van der Waals surface area contributed by atoms with Gasteiger partial charge in [0.2, 0.25) is 0 Å². The van der Waals surface area contributed by atoms with Crippen molar-refractivity contribution in [2.45, 2.75) is 58.6 Å². The van der Waals surface area contributed by atoms with Crippen LogP contribution in [-0.4, -0.2) is 56.3 Å². The lowest BCUT2D eigenvalue weighted by Gasteiger charge is -2.46. The number of rotatable bonds is 4. The van der Waals surface area contributed by atoms with Crippen molar-refractivity contribution in [2.24, 2.45) is 23.2 Å². The molecule has 2 heterocycles. The predicted molar refractivity (Wildman–Crippen MR) is 127 cm³/mol. The van der Waals surface area contributed by atoms with E-state index in [1.54, 1.807) is 12.7 Å². The number of nitrogens with zero attached hydrogens (tertiary/aromatic N) is 2. The van der Waals surface area contributed by atoms with Crippen LogP contribution in [0, 0.1) is 23.2 Å². The SMILES string of the molecule is COc1ccc(N2CCN(C[C@@H]3C(=O)O[C@@H]4C[C@]5(C)CCC[C@@H](C)C5=C[C@@H]34)C[C@H]2C)cc1. The molecule has 0 aromatic heterocycles. The number of carbonyl (C=O) groups is 1. The Balaban J connectivity index is 1.27. The van der Waals surface area contributed by atoms with Gasteiger partial charge in [-0.2, -0.15) is 0 Å². The largest absolute Gasteiger partial charge is 0.497 e. The molecule has 5 nitrogen and oxygen atoms in total. The van der Waals surface area contributed by atoms with Gasteiger partial charge < -0.3 is 14.4 Å². The van der Waals surface area contributed by atoms with Gasteiger partial charge in [-0.15, -0.1) is 0 Å². The number of fused-ring (bicyclic) bond motifs is 2. The van der Waals surface area contributed by atoms with Crippen molar-refractivity contribution in [1.82, 2.24) is 4.90 Å². The smallest absolute Gasteiger partial charge is 0.311 e. The van der Waals surface area contributed by atoms with Crippen LogP contribution in [0.4, 0.5) is 5.69 Å².